The number of amides is 2. The molecule has 128 valence electrons. The van der Waals surface area contributed by atoms with Gasteiger partial charge in [-0.25, -0.2) is 0 Å². The van der Waals surface area contributed by atoms with Crippen LogP contribution in [0.25, 0.3) is 0 Å². The predicted molar refractivity (Wildman–Crippen MR) is 87.9 cm³/mol. The fourth-order valence-corrected chi connectivity index (χ4v) is 2.66. The van der Waals surface area contributed by atoms with Crippen LogP contribution in [0.5, 0.6) is 0 Å². The summed E-state index contributed by atoms with van der Waals surface area (Å²) in [6, 6.07) is 7.17. The molecule has 3 rings (SSSR count). The molecule has 1 saturated heterocycles. The lowest BCUT2D eigenvalue weighted by atomic mass is 10.0. The highest BCUT2D eigenvalue weighted by molar-refractivity contribution is 6.30. The zero-order valence-corrected chi connectivity index (χ0v) is 13.8. The second-order valence-electron chi connectivity index (χ2n) is 5.55. The van der Waals surface area contributed by atoms with Gasteiger partial charge in [-0.1, -0.05) is 28.9 Å². The minimum atomic E-state index is -0.715. The van der Waals surface area contributed by atoms with Gasteiger partial charge >= 0.3 is 0 Å². The number of rotatable bonds is 4. The summed E-state index contributed by atoms with van der Waals surface area (Å²) in [5, 5.41) is 7.20. The van der Waals surface area contributed by atoms with E-state index in [-0.39, 0.29) is 18.4 Å². The van der Waals surface area contributed by atoms with Crippen molar-refractivity contribution in [3.8, 4) is 0 Å². The summed E-state index contributed by atoms with van der Waals surface area (Å²) in [6.07, 6.45) is -0.354. The molecule has 0 bridgehead atoms. The molecular formula is C16H18ClN3O4. The summed E-state index contributed by atoms with van der Waals surface area (Å²) in [5.41, 5.74) is 1.55. The van der Waals surface area contributed by atoms with Crippen molar-refractivity contribution in [1.29, 1.82) is 0 Å². The summed E-state index contributed by atoms with van der Waals surface area (Å²) >= 11 is 5.85. The van der Waals surface area contributed by atoms with Crippen molar-refractivity contribution >= 4 is 29.1 Å². The van der Waals surface area contributed by atoms with Crippen LogP contribution in [0.4, 0.5) is 0 Å². The van der Waals surface area contributed by atoms with E-state index in [4.69, 9.17) is 21.2 Å². The van der Waals surface area contributed by atoms with Gasteiger partial charge in [0.1, 0.15) is 0 Å². The van der Waals surface area contributed by atoms with E-state index in [9.17, 15) is 9.59 Å². The van der Waals surface area contributed by atoms with Gasteiger partial charge in [0.05, 0.1) is 25.5 Å². The molecule has 2 amide bonds. The van der Waals surface area contributed by atoms with Gasteiger partial charge in [-0.3, -0.25) is 9.59 Å². The van der Waals surface area contributed by atoms with Crippen LogP contribution >= 0.6 is 11.6 Å². The summed E-state index contributed by atoms with van der Waals surface area (Å²) in [7, 11) is 0. The Morgan fingerprint density at radius 1 is 1.25 bits per heavy atom. The summed E-state index contributed by atoms with van der Waals surface area (Å²) < 4.78 is 5.19. The highest BCUT2D eigenvalue weighted by Crippen LogP contribution is 2.18. The monoisotopic (exact) mass is 351 g/mol. The maximum atomic E-state index is 12.1. The molecule has 1 aromatic rings. The van der Waals surface area contributed by atoms with Gasteiger partial charge in [0.15, 0.2) is 0 Å². The molecule has 0 saturated carbocycles. The largest absolute Gasteiger partial charge is 0.382 e. The first-order valence-corrected chi connectivity index (χ1v) is 8.13. The molecule has 7 nitrogen and oxygen atoms in total. The molecule has 1 aromatic carbocycles. The molecule has 0 unspecified atom stereocenters. The molecule has 24 heavy (non-hydrogen) atoms. The van der Waals surface area contributed by atoms with Gasteiger partial charge in [-0.15, -0.1) is 0 Å². The highest BCUT2D eigenvalue weighted by atomic mass is 35.5. The highest BCUT2D eigenvalue weighted by Gasteiger charge is 2.29. The molecule has 1 fully saturated rings. The number of oxime groups is 1. The third-order valence-corrected chi connectivity index (χ3v) is 4.17. The van der Waals surface area contributed by atoms with Gasteiger partial charge in [-0.05, 0) is 17.7 Å². The first kappa shape index (κ1) is 16.7. The molecule has 2 aliphatic rings. The van der Waals surface area contributed by atoms with E-state index in [1.807, 2.05) is 12.1 Å². The second kappa shape index (κ2) is 7.63. The number of benzene rings is 1. The lowest BCUT2D eigenvalue weighted by molar-refractivity contribution is -0.138. The van der Waals surface area contributed by atoms with Crippen LogP contribution in [-0.4, -0.2) is 61.4 Å². The number of hydrogen-bond acceptors (Lipinski definition) is 5. The van der Waals surface area contributed by atoms with Crippen LogP contribution in [0.2, 0.25) is 5.02 Å². The zero-order valence-electron chi connectivity index (χ0n) is 13.0. The van der Waals surface area contributed by atoms with Crippen molar-refractivity contribution < 1.29 is 19.2 Å². The van der Waals surface area contributed by atoms with Gasteiger partial charge in [-0.2, -0.15) is 0 Å². The van der Waals surface area contributed by atoms with Gasteiger partial charge in [0.2, 0.25) is 12.0 Å². The number of ether oxygens (including phenoxy) is 1. The first-order valence-electron chi connectivity index (χ1n) is 7.75. The Bertz CT molecular complexity index is 641. The molecule has 0 radical (unpaired) electrons. The lowest BCUT2D eigenvalue weighted by Gasteiger charge is -2.27. The number of nitrogens with one attached hydrogen (secondary N) is 1. The molecule has 0 aliphatic carbocycles. The van der Waals surface area contributed by atoms with E-state index in [0.29, 0.717) is 43.5 Å². The normalized spacial score (nSPS) is 20.3. The molecule has 0 spiro atoms. The lowest BCUT2D eigenvalue weighted by Crippen LogP contribution is -2.47. The van der Waals surface area contributed by atoms with Crippen molar-refractivity contribution in [2.45, 2.75) is 12.5 Å². The molecule has 1 N–H and O–H groups in total. The van der Waals surface area contributed by atoms with Crippen molar-refractivity contribution in [2.75, 3.05) is 32.8 Å². The maximum absolute atomic E-state index is 12.1. The Morgan fingerprint density at radius 3 is 2.67 bits per heavy atom. The minimum Gasteiger partial charge on any atom is -0.382 e. The topological polar surface area (TPSA) is 80.2 Å². The van der Waals surface area contributed by atoms with Gasteiger partial charge < -0.3 is 19.8 Å². The molecular weight excluding hydrogens is 334 g/mol. The Morgan fingerprint density at radius 2 is 1.96 bits per heavy atom. The molecule has 0 aromatic heterocycles. The van der Waals surface area contributed by atoms with Gasteiger partial charge in [0.25, 0.3) is 5.91 Å². The summed E-state index contributed by atoms with van der Waals surface area (Å²) in [6.45, 7) is 2.12. The Labute approximate surface area is 144 Å². The molecule has 1 atom stereocenters. The standard InChI is InChI=1S/C16H18ClN3O4/c17-12-3-1-11(2-4-12)13-9-14(24-19-13)16(22)18-10-15(21)20-5-7-23-8-6-20/h1-4,14H,5-10H2,(H,18,22)/t14-/m1/s1. The molecule has 2 heterocycles. The number of morpholine rings is 1. The SMILES string of the molecule is O=C(NCC(=O)N1CCOCC1)[C@H]1CC(c2ccc(Cl)cc2)=NO1. The third-order valence-electron chi connectivity index (χ3n) is 3.92. The predicted octanol–water partition coefficient (Wildman–Crippen LogP) is 0.808. The summed E-state index contributed by atoms with van der Waals surface area (Å²) in [5.74, 6) is -0.465. The van der Waals surface area contributed by atoms with Crippen LogP contribution in [0, 0.1) is 0 Å². The quantitative estimate of drug-likeness (QED) is 0.870. The third kappa shape index (κ3) is 4.04. The number of halogens is 1. The van der Waals surface area contributed by atoms with E-state index in [0.717, 1.165) is 5.56 Å². The van der Waals surface area contributed by atoms with Crippen LogP contribution in [-0.2, 0) is 19.2 Å². The van der Waals surface area contributed by atoms with E-state index in [2.05, 4.69) is 10.5 Å². The number of hydrogen-bond donors (Lipinski definition) is 1. The fourth-order valence-electron chi connectivity index (χ4n) is 2.53. The maximum Gasteiger partial charge on any atom is 0.264 e. The van der Waals surface area contributed by atoms with E-state index in [1.165, 1.54) is 0 Å². The first-order chi connectivity index (χ1) is 11.6. The Hall–Kier alpha value is -2.12. The number of nitrogens with zero attached hydrogens (tertiary/aromatic N) is 2. The number of carbonyl (C=O) groups excluding carboxylic acids is 2. The van der Waals surface area contributed by atoms with Crippen molar-refractivity contribution in [2.24, 2.45) is 5.16 Å². The van der Waals surface area contributed by atoms with Crippen LogP contribution in [0.3, 0.4) is 0 Å². The fraction of sp³-hybridized carbons (Fsp3) is 0.438. The average Bonchev–Trinajstić information content (AvgIpc) is 3.11. The van der Waals surface area contributed by atoms with Gasteiger partial charge in [0, 0.05) is 24.5 Å². The van der Waals surface area contributed by atoms with Crippen LogP contribution < -0.4 is 5.32 Å². The van der Waals surface area contributed by atoms with E-state index >= 15 is 0 Å². The Balaban J connectivity index is 1.47. The van der Waals surface area contributed by atoms with E-state index in [1.54, 1.807) is 17.0 Å². The average molecular weight is 352 g/mol. The Kier molecular flexibility index (Phi) is 5.32. The van der Waals surface area contributed by atoms with E-state index < -0.39 is 6.10 Å². The van der Waals surface area contributed by atoms with Crippen molar-refractivity contribution in [3.05, 3.63) is 34.9 Å². The zero-order chi connectivity index (χ0) is 16.9. The second-order valence-corrected chi connectivity index (χ2v) is 5.99. The summed E-state index contributed by atoms with van der Waals surface area (Å²) in [4.78, 5) is 31.0. The number of carbonyl (C=O) groups is 2. The van der Waals surface area contributed by atoms with Crippen LogP contribution in [0.15, 0.2) is 29.4 Å². The molecule has 8 heteroatoms. The van der Waals surface area contributed by atoms with Crippen molar-refractivity contribution in [1.82, 2.24) is 10.2 Å². The smallest absolute Gasteiger partial charge is 0.264 e. The minimum absolute atomic E-state index is 0.0467. The van der Waals surface area contributed by atoms with Crippen molar-refractivity contribution in [3.63, 3.8) is 0 Å². The molecule has 2 aliphatic heterocycles. The van der Waals surface area contributed by atoms with Crippen LogP contribution in [0.1, 0.15) is 12.0 Å².